The molecule has 0 heterocycles. The van der Waals surface area contributed by atoms with Crippen LogP contribution in [0, 0.1) is 16.0 Å². The molecule has 0 saturated heterocycles. The Balaban J connectivity index is 2.61. The van der Waals surface area contributed by atoms with Crippen LogP contribution in [0.1, 0.15) is 23.7 Å². The molecule has 1 aromatic carbocycles. The lowest BCUT2D eigenvalue weighted by Gasteiger charge is -2.10. The molecule has 1 rings (SSSR count). The number of carbonyl (C=O) groups is 2. The maximum Gasteiger partial charge on any atom is 0.303 e. The van der Waals surface area contributed by atoms with Crippen LogP contribution in [0.2, 0.25) is 0 Å². The van der Waals surface area contributed by atoms with E-state index in [0.29, 0.717) is 0 Å². The first-order valence-corrected chi connectivity index (χ1v) is 5.64. The van der Waals surface area contributed by atoms with Crippen molar-refractivity contribution in [3.05, 3.63) is 39.9 Å². The fraction of sp³-hybridized carbons (Fsp3) is 0.333. The van der Waals surface area contributed by atoms with Gasteiger partial charge in [-0.15, -0.1) is 0 Å². The Labute approximate surface area is 109 Å². The number of carbonyl (C=O) groups excluding carboxylic acids is 1. The molecular formula is C12H14N2O5. The van der Waals surface area contributed by atoms with Gasteiger partial charge in [-0.25, -0.2) is 0 Å². The number of nitrogens with one attached hydrogen (secondary N) is 1. The van der Waals surface area contributed by atoms with E-state index in [1.807, 2.05) is 0 Å². The average Bonchev–Trinajstić information content (AvgIpc) is 2.35. The molecule has 2 N–H and O–H groups in total. The molecule has 0 aliphatic rings. The zero-order valence-electron chi connectivity index (χ0n) is 10.3. The minimum absolute atomic E-state index is 0.0464. The third-order valence-corrected chi connectivity index (χ3v) is 2.45. The summed E-state index contributed by atoms with van der Waals surface area (Å²) in [4.78, 5) is 32.2. The van der Waals surface area contributed by atoms with Crippen LogP contribution in [0.15, 0.2) is 24.3 Å². The lowest BCUT2D eigenvalue weighted by Crippen LogP contribution is -2.29. The number of amides is 1. The second-order valence-electron chi connectivity index (χ2n) is 4.22. The molecule has 7 nitrogen and oxygen atoms in total. The monoisotopic (exact) mass is 266 g/mol. The fourth-order valence-corrected chi connectivity index (χ4v) is 1.50. The van der Waals surface area contributed by atoms with Gasteiger partial charge in [-0.05, 0) is 12.0 Å². The van der Waals surface area contributed by atoms with Gasteiger partial charge in [-0.3, -0.25) is 19.7 Å². The topological polar surface area (TPSA) is 110 Å². The number of hydrogen-bond donors (Lipinski definition) is 2. The Kier molecular flexibility index (Phi) is 4.99. The number of aliphatic carboxylic acids is 1. The van der Waals surface area contributed by atoms with E-state index in [-0.39, 0.29) is 30.1 Å². The highest BCUT2D eigenvalue weighted by Gasteiger charge is 2.13. The maximum atomic E-state index is 11.7. The summed E-state index contributed by atoms with van der Waals surface area (Å²) in [5, 5.41) is 21.7. The van der Waals surface area contributed by atoms with E-state index < -0.39 is 16.8 Å². The molecule has 0 aliphatic carbocycles. The van der Waals surface area contributed by atoms with Crippen LogP contribution in [0.25, 0.3) is 0 Å². The molecule has 0 aliphatic heterocycles. The predicted molar refractivity (Wildman–Crippen MR) is 66.8 cm³/mol. The van der Waals surface area contributed by atoms with Gasteiger partial charge < -0.3 is 10.4 Å². The largest absolute Gasteiger partial charge is 0.481 e. The van der Waals surface area contributed by atoms with Gasteiger partial charge in [0.05, 0.1) is 4.92 Å². The molecule has 19 heavy (non-hydrogen) atoms. The molecule has 0 spiro atoms. The van der Waals surface area contributed by atoms with Gasteiger partial charge in [0.2, 0.25) is 0 Å². The third-order valence-electron chi connectivity index (χ3n) is 2.45. The Morgan fingerprint density at radius 1 is 1.47 bits per heavy atom. The van der Waals surface area contributed by atoms with Crippen LogP contribution in [-0.2, 0) is 4.79 Å². The number of carboxylic acids is 1. The zero-order chi connectivity index (χ0) is 14.4. The Hall–Kier alpha value is -2.44. The molecule has 0 fully saturated rings. The van der Waals surface area contributed by atoms with Crippen LogP contribution < -0.4 is 5.32 Å². The minimum atomic E-state index is -0.933. The first-order valence-electron chi connectivity index (χ1n) is 5.64. The molecule has 1 atom stereocenters. The first-order chi connectivity index (χ1) is 8.90. The number of rotatable bonds is 6. The summed E-state index contributed by atoms with van der Waals surface area (Å²) in [6.45, 7) is 1.90. The predicted octanol–water partition coefficient (Wildman–Crippen LogP) is 1.44. The summed E-state index contributed by atoms with van der Waals surface area (Å²) in [5.41, 5.74) is 0.0166. The number of benzene rings is 1. The fourth-order valence-electron chi connectivity index (χ4n) is 1.50. The van der Waals surface area contributed by atoms with E-state index >= 15 is 0 Å². The standard InChI is InChI=1S/C12H14N2O5/c1-8(5-11(15)16)7-13-12(17)9-3-2-4-10(6-9)14(18)19/h2-4,6,8H,5,7H2,1H3,(H,13,17)(H,15,16). The van der Waals surface area contributed by atoms with Gasteiger partial charge in [-0.2, -0.15) is 0 Å². The van der Waals surface area contributed by atoms with Gasteiger partial charge in [0, 0.05) is 30.7 Å². The lowest BCUT2D eigenvalue weighted by atomic mass is 10.1. The summed E-state index contributed by atoms with van der Waals surface area (Å²) in [7, 11) is 0. The van der Waals surface area contributed by atoms with Crippen molar-refractivity contribution in [1.29, 1.82) is 0 Å². The molecule has 0 bridgehead atoms. The van der Waals surface area contributed by atoms with Crippen molar-refractivity contribution >= 4 is 17.6 Å². The Bertz CT molecular complexity index is 501. The van der Waals surface area contributed by atoms with Crippen molar-refractivity contribution in [3.8, 4) is 0 Å². The van der Waals surface area contributed by atoms with Crippen molar-refractivity contribution < 1.29 is 19.6 Å². The summed E-state index contributed by atoms with van der Waals surface area (Å²) < 4.78 is 0. The van der Waals surface area contributed by atoms with Crippen molar-refractivity contribution in [1.82, 2.24) is 5.32 Å². The molecule has 0 radical (unpaired) electrons. The highest BCUT2D eigenvalue weighted by atomic mass is 16.6. The maximum absolute atomic E-state index is 11.7. The number of non-ortho nitro benzene ring substituents is 1. The van der Waals surface area contributed by atoms with Crippen LogP contribution >= 0.6 is 0 Å². The van der Waals surface area contributed by atoms with Gasteiger partial charge >= 0.3 is 5.97 Å². The van der Waals surface area contributed by atoms with Gasteiger partial charge in [-0.1, -0.05) is 13.0 Å². The molecule has 7 heteroatoms. The van der Waals surface area contributed by atoms with E-state index in [9.17, 15) is 19.7 Å². The van der Waals surface area contributed by atoms with Crippen molar-refractivity contribution in [2.24, 2.45) is 5.92 Å². The molecular weight excluding hydrogens is 252 g/mol. The zero-order valence-corrected chi connectivity index (χ0v) is 10.3. The van der Waals surface area contributed by atoms with Gasteiger partial charge in [0.25, 0.3) is 11.6 Å². The Morgan fingerprint density at radius 3 is 2.74 bits per heavy atom. The normalized spacial score (nSPS) is 11.6. The minimum Gasteiger partial charge on any atom is -0.481 e. The van der Waals surface area contributed by atoms with E-state index in [4.69, 9.17) is 5.11 Å². The smallest absolute Gasteiger partial charge is 0.303 e. The van der Waals surface area contributed by atoms with Crippen molar-refractivity contribution in [2.45, 2.75) is 13.3 Å². The number of nitro benzene ring substituents is 1. The SMILES string of the molecule is CC(CNC(=O)c1cccc([N+](=O)[O-])c1)CC(=O)O. The van der Waals surface area contributed by atoms with E-state index in [1.54, 1.807) is 6.92 Å². The number of hydrogen-bond acceptors (Lipinski definition) is 4. The number of carboxylic acid groups (broad SMARTS) is 1. The first kappa shape index (κ1) is 14.6. The van der Waals surface area contributed by atoms with E-state index in [0.717, 1.165) is 0 Å². The summed E-state index contributed by atoms with van der Waals surface area (Å²) >= 11 is 0. The van der Waals surface area contributed by atoms with E-state index in [1.165, 1.54) is 24.3 Å². The highest BCUT2D eigenvalue weighted by molar-refractivity contribution is 5.94. The third kappa shape index (κ3) is 4.74. The molecule has 0 saturated carbocycles. The van der Waals surface area contributed by atoms with Crippen molar-refractivity contribution in [2.75, 3.05) is 6.54 Å². The van der Waals surface area contributed by atoms with Crippen LogP contribution in [-0.4, -0.2) is 28.5 Å². The second-order valence-corrected chi connectivity index (χ2v) is 4.22. The second kappa shape index (κ2) is 6.48. The number of nitro groups is 1. The summed E-state index contributed by atoms with van der Waals surface area (Å²) in [6, 6.07) is 5.36. The van der Waals surface area contributed by atoms with Gasteiger partial charge in [0.1, 0.15) is 0 Å². The molecule has 1 unspecified atom stereocenters. The van der Waals surface area contributed by atoms with Crippen LogP contribution in [0.5, 0.6) is 0 Å². The molecule has 1 amide bonds. The molecule has 102 valence electrons. The lowest BCUT2D eigenvalue weighted by molar-refractivity contribution is -0.384. The van der Waals surface area contributed by atoms with Gasteiger partial charge in [0.15, 0.2) is 0 Å². The molecule has 0 aromatic heterocycles. The molecule has 1 aromatic rings. The summed E-state index contributed by atoms with van der Waals surface area (Å²) in [5.74, 6) is -1.60. The van der Waals surface area contributed by atoms with Crippen molar-refractivity contribution in [3.63, 3.8) is 0 Å². The highest BCUT2D eigenvalue weighted by Crippen LogP contribution is 2.13. The number of nitrogens with zero attached hydrogens (tertiary/aromatic N) is 1. The summed E-state index contributed by atoms with van der Waals surface area (Å²) in [6.07, 6.45) is -0.0464. The average molecular weight is 266 g/mol. The Morgan fingerprint density at radius 2 is 2.16 bits per heavy atom. The van der Waals surface area contributed by atoms with E-state index in [2.05, 4.69) is 5.32 Å². The quantitative estimate of drug-likeness (QED) is 0.598. The van der Waals surface area contributed by atoms with Crippen LogP contribution in [0.3, 0.4) is 0 Å². The van der Waals surface area contributed by atoms with Crippen LogP contribution in [0.4, 0.5) is 5.69 Å².